The Labute approximate surface area is 180 Å². The summed E-state index contributed by atoms with van der Waals surface area (Å²) in [5, 5.41) is 3.24. The number of carbonyl (C=O) groups is 1. The average molecular weight is 408 g/mol. The molecule has 0 bridgehead atoms. The summed E-state index contributed by atoms with van der Waals surface area (Å²) >= 11 is 0. The molecule has 4 nitrogen and oxygen atoms in total. The summed E-state index contributed by atoms with van der Waals surface area (Å²) < 4.78 is 12.3. The number of rotatable bonds is 7. The first-order valence-corrected chi connectivity index (χ1v) is 11.5. The van der Waals surface area contributed by atoms with Gasteiger partial charge in [0.1, 0.15) is 18.1 Å². The van der Waals surface area contributed by atoms with E-state index in [1.165, 1.54) is 25.7 Å². The van der Waals surface area contributed by atoms with Crippen LogP contribution in [0, 0.1) is 5.92 Å². The largest absolute Gasteiger partial charge is 0.489 e. The Morgan fingerprint density at radius 2 is 1.70 bits per heavy atom. The summed E-state index contributed by atoms with van der Waals surface area (Å²) in [5.41, 5.74) is 1.73. The molecule has 0 spiro atoms. The van der Waals surface area contributed by atoms with Gasteiger partial charge in [-0.25, -0.2) is 0 Å². The Balaban J connectivity index is 1.47. The van der Waals surface area contributed by atoms with Crippen LogP contribution < -0.4 is 14.8 Å². The van der Waals surface area contributed by atoms with E-state index in [0.717, 1.165) is 42.9 Å². The third kappa shape index (κ3) is 5.56. The van der Waals surface area contributed by atoms with Gasteiger partial charge in [-0.15, -0.1) is 0 Å². The zero-order valence-corrected chi connectivity index (χ0v) is 17.9. The monoisotopic (exact) mass is 407 g/mol. The zero-order chi connectivity index (χ0) is 20.8. The summed E-state index contributed by atoms with van der Waals surface area (Å²) in [4.78, 5) is 13.0. The fourth-order valence-corrected chi connectivity index (χ4v) is 4.47. The second kappa shape index (κ2) is 10.0. The molecule has 2 aliphatic rings. The van der Waals surface area contributed by atoms with Gasteiger partial charge in [0.2, 0.25) is 0 Å². The molecule has 2 fully saturated rings. The van der Waals surface area contributed by atoms with Crippen LogP contribution in [0.2, 0.25) is 0 Å². The molecule has 0 radical (unpaired) electrons. The highest BCUT2D eigenvalue weighted by Crippen LogP contribution is 2.31. The van der Waals surface area contributed by atoms with Gasteiger partial charge in [0.25, 0.3) is 5.91 Å². The van der Waals surface area contributed by atoms with E-state index < -0.39 is 0 Å². The number of hydrogen-bond donors (Lipinski definition) is 1. The first-order chi connectivity index (χ1) is 14.7. The lowest BCUT2D eigenvalue weighted by Gasteiger charge is -2.27. The lowest BCUT2D eigenvalue weighted by molar-refractivity contribution is 0.0915. The van der Waals surface area contributed by atoms with Crippen molar-refractivity contribution < 1.29 is 14.3 Å². The van der Waals surface area contributed by atoms with Gasteiger partial charge in [-0.2, -0.15) is 0 Å². The second-order valence-electron chi connectivity index (χ2n) is 8.89. The van der Waals surface area contributed by atoms with E-state index in [4.69, 9.17) is 9.47 Å². The molecule has 2 saturated carbocycles. The maximum absolute atomic E-state index is 13.0. The van der Waals surface area contributed by atoms with E-state index in [2.05, 4.69) is 12.2 Å². The summed E-state index contributed by atoms with van der Waals surface area (Å²) in [6, 6.07) is 16.0. The van der Waals surface area contributed by atoms with Gasteiger partial charge in [0.15, 0.2) is 0 Å². The number of hydrogen-bond acceptors (Lipinski definition) is 3. The van der Waals surface area contributed by atoms with Crippen LogP contribution in [0.4, 0.5) is 0 Å². The molecule has 0 unspecified atom stereocenters. The summed E-state index contributed by atoms with van der Waals surface area (Å²) in [6.45, 7) is 2.79. The minimum absolute atomic E-state index is 0.0304. The van der Waals surface area contributed by atoms with Crippen molar-refractivity contribution >= 4 is 5.91 Å². The number of amides is 1. The SMILES string of the molecule is CC1CCC(NC(=O)c2ccc(OCc3ccccc3)cc2OC2CCCC2)CC1. The van der Waals surface area contributed by atoms with E-state index in [1.807, 2.05) is 48.5 Å². The van der Waals surface area contributed by atoms with Gasteiger partial charge in [0, 0.05) is 12.1 Å². The van der Waals surface area contributed by atoms with E-state index in [1.54, 1.807) is 0 Å². The van der Waals surface area contributed by atoms with E-state index in [9.17, 15) is 4.79 Å². The molecule has 0 atom stereocenters. The summed E-state index contributed by atoms with van der Waals surface area (Å²) in [6.07, 6.45) is 9.16. The van der Waals surface area contributed by atoms with Crippen molar-refractivity contribution in [2.45, 2.75) is 77.0 Å². The fraction of sp³-hybridized carbons (Fsp3) is 0.500. The number of carbonyl (C=O) groups excluding carboxylic acids is 1. The minimum Gasteiger partial charge on any atom is -0.489 e. The van der Waals surface area contributed by atoms with E-state index in [0.29, 0.717) is 17.9 Å². The molecule has 2 aliphatic carbocycles. The third-order valence-corrected chi connectivity index (χ3v) is 6.39. The van der Waals surface area contributed by atoms with Gasteiger partial charge in [-0.05, 0) is 75.0 Å². The first-order valence-electron chi connectivity index (χ1n) is 11.5. The van der Waals surface area contributed by atoms with Crippen LogP contribution in [-0.4, -0.2) is 18.1 Å². The highest BCUT2D eigenvalue weighted by Gasteiger charge is 2.24. The Kier molecular flexibility index (Phi) is 6.93. The van der Waals surface area contributed by atoms with Gasteiger partial charge in [-0.1, -0.05) is 37.3 Å². The van der Waals surface area contributed by atoms with Crippen molar-refractivity contribution in [2.75, 3.05) is 0 Å². The molecule has 2 aromatic rings. The molecule has 1 amide bonds. The van der Waals surface area contributed by atoms with Crippen LogP contribution in [0.15, 0.2) is 48.5 Å². The van der Waals surface area contributed by atoms with Gasteiger partial charge in [-0.3, -0.25) is 4.79 Å². The van der Waals surface area contributed by atoms with Gasteiger partial charge in [0.05, 0.1) is 11.7 Å². The standard InChI is InChI=1S/C26H33NO3/c1-19-11-13-21(14-12-19)27-26(28)24-16-15-23(29-18-20-7-3-2-4-8-20)17-25(24)30-22-9-5-6-10-22/h2-4,7-8,15-17,19,21-22H,5-6,9-14,18H2,1H3,(H,27,28). The van der Waals surface area contributed by atoms with Gasteiger partial charge < -0.3 is 14.8 Å². The van der Waals surface area contributed by atoms with Crippen molar-refractivity contribution in [1.82, 2.24) is 5.32 Å². The predicted octanol–water partition coefficient (Wildman–Crippen LogP) is 5.90. The lowest BCUT2D eigenvalue weighted by atomic mass is 9.87. The van der Waals surface area contributed by atoms with Crippen LogP contribution >= 0.6 is 0 Å². The molecule has 0 saturated heterocycles. The van der Waals surface area contributed by atoms with Crippen molar-refractivity contribution in [1.29, 1.82) is 0 Å². The lowest BCUT2D eigenvalue weighted by Crippen LogP contribution is -2.37. The van der Waals surface area contributed by atoms with Crippen molar-refractivity contribution in [2.24, 2.45) is 5.92 Å². The van der Waals surface area contributed by atoms with Crippen LogP contribution in [0.25, 0.3) is 0 Å². The Bertz CT molecular complexity index is 821. The molecule has 4 rings (SSSR count). The van der Waals surface area contributed by atoms with Crippen molar-refractivity contribution in [3.05, 3.63) is 59.7 Å². The number of benzene rings is 2. The molecule has 1 N–H and O–H groups in total. The van der Waals surface area contributed by atoms with Crippen LogP contribution in [-0.2, 0) is 6.61 Å². The predicted molar refractivity (Wildman–Crippen MR) is 119 cm³/mol. The first kappa shape index (κ1) is 20.8. The minimum atomic E-state index is -0.0304. The average Bonchev–Trinajstić information content (AvgIpc) is 3.28. The Morgan fingerprint density at radius 3 is 2.43 bits per heavy atom. The zero-order valence-electron chi connectivity index (χ0n) is 17.9. The maximum atomic E-state index is 13.0. The van der Waals surface area contributed by atoms with E-state index in [-0.39, 0.29) is 18.1 Å². The van der Waals surface area contributed by atoms with Crippen LogP contribution in [0.3, 0.4) is 0 Å². The maximum Gasteiger partial charge on any atom is 0.255 e. The third-order valence-electron chi connectivity index (χ3n) is 6.39. The normalized spacial score (nSPS) is 21.9. The molecule has 30 heavy (non-hydrogen) atoms. The molecule has 4 heteroatoms. The smallest absolute Gasteiger partial charge is 0.255 e. The molecule has 160 valence electrons. The Morgan fingerprint density at radius 1 is 0.967 bits per heavy atom. The van der Waals surface area contributed by atoms with Crippen LogP contribution in [0.1, 0.15) is 74.2 Å². The molecular weight excluding hydrogens is 374 g/mol. The van der Waals surface area contributed by atoms with Crippen molar-refractivity contribution in [3.8, 4) is 11.5 Å². The molecule has 2 aromatic carbocycles. The van der Waals surface area contributed by atoms with E-state index >= 15 is 0 Å². The van der Waals surface area contributed by atoms with Crippen LogP contribution in [0.5, 0.6) is 11.5 Å². The molecule has 0 aromatic heterocycles. The fourth-order valence-electron chi connectivity index (χ4n) is 4.47. The van der Waals surface area contributed by atoms with Crippen molar-refractivity contribution in [3.63, 3.8) is 0 Å². The highest BCUT2D eigenvalue weighted by molar-refractivity contribution is 5.97. The highest BCUT2D eigenvalue weighted by atomic mass is 16.5. The van der Waals surface area contributed by atoms with Gasteiger partial charge >= 0.3 is 0 Å². The summed E-state index contributed by atoms with van der Waals surface area (Å²) in [7, 11) is 0. The number of ether oxygens (including phenoxy) is 2. The summed E-state index contributed by atoms with van der Waals surface area (Å²) in [5.74, 6) is 2.11. The topological polar surface area (TPSA) is 47.6 Å². The molecular formula is C26H33NO3. The second-order valence-corrected chi connectivity index (χ2v) is 8.89. The Hall–Kier alpha value is -2.49. The quantitative estimate of drug-likeness (QED) is 0.622. The molecule has 0 aliphatic heterocycles. The number of nitrogens with one attached hydrogen (secondary N) is 1. The molecule has 0 heterocycles.